The monoisotopic (exact) mass is 355 g/mol. The van der Waals surface area contributed by atoms with Gasteiger partial charge in [0, 0.05) is 12.1 Å². The summed E-state index contributed by atoms with van der Waals surface area (Å²) in [6, 6.07) is 17.6. The number of nitrogens with one attached hydrogen (secondary N) is 1. The lowest BCUT2D eigenvalue weighted by atomic mass is 9.96. The van der Waals surface area contributed by atoms with Crippen molar-refractivity contribution in [3.63, 3.8) is 0 Å². The summed E-state index contributed by atoms with van der Waals surface area (Å²) < 4.78 is 0. The molecule has 1 aromatic heterocycles. The summed E-state index contributed by atoms with van der Waals surface area (Å²) in [5.41, 5.74) is 8.81. The number of hydrogen-bond acceptors (Lipinski definition) is 3. The van der Waals surface area contributed by atoms with Crippen LogP contribution in [0.5, 0.6) is 0 Å². The Kier molecular flexibility index (Phi) is 5.01. The van der Waals surface area contributed by atoms with Crippen LogP contribution in [0.2, 0.25) is 0 Å². The fourth-order valence-corrected chi connectivity index (χ4v) is 3.60. The lowest BCUT2D eigenvalue weighted by Gasteiger charge is -2.20. The van der Waals surface area contributed by atoms with Crippen molar-refractivity contribution in [1.82, 2.24) is 9.97 Å². The predicted octanol–water partition coefficient (Wildman–Crippen LogP) is 5.10. The molecule has 1 N–H and O–H groups in total. The van der Waals surface area contributed by atoms with E-state index in [0.717, 1.165) is 42.9 Å². The van der Waals surface area contributed by atoms with Crippen molar-refractivity contribution in [3.8, 4) is 0 Å². The minimum atomic E-state index is 0.798. The molecule has 4 rings (SSSR count). The highest BCUT2D eigenvalue weighted by Gasteiger charge is 2.16. The Labute approximate surface area is 161 Å². The van der Waals surface area contributed by atoms with Gasteiger partial charge in [0.15, 0.2) is 0 Å². The molecule has 3 heteroatoms. The van der Waals surface area contributed by atoms with E-state index < -0.39 is 0 Å². The van der Waals surface area contributed by atoms with Gasteiger partial charge in [-0.05, 0) is 54.5 Å². The van der Waals surface area contributed by atoms with Crippen LogP contribution in [0.15, 0.2) is 54.9 Å². The maximum atomic E-state index is 4.59. The van der Waals surface area contributed by atoms with Gasteiger partial charge in [-0.2, -0.15) is 0 Å². The van der Waals surface area contributed by atoms with Crippen LogP contribution in [-0.2, 0) is 19.3 Å². The molecule has 3 aromatic rings. The minimum absolute atomic E-state index is 0.798. The molecular weight excluding hydrogens is 330 g/mol. The summed E-state index contributed by atoms with van der Waals surface area (Å²) in [5, 5.41) is 3.47. The van der Waals surface area contributed by atoms with Crippen molar-refractivity contribution in [3.05, 3.63) is 88.4 Å². The molecule has 1 aliphatic rings. The largest absolute Gasteiger partial charge is 0.365 e. The van der Waals surface area contributed by atoms with Crippen LogP contribution in [0.1, 0.15) is 40.4 Å². The van der Waals surface area contributed by atoms with Crippen LogP contribution in [0, 0.1) is 6.92 Å². The Morgan fingerprint density at radius 2 is 1.81 bits per heavy atom. The van der Waals surface area contributed by atoms with Gasteiger partial charge in [-0.3, -0.25) is 0 Å². The first-order chi connectivity index (χ1) is 13.2. The molecule has 0 radical (unpaired) electrons. The maximum Gasteiger partial charge on any atom is 0.137 e. The highest BCUT2D eigenvalue weighted by molar-refractivity contribution is 5.90. The topological polar surface area (TPSA) is 37.8 Å². The molecule has 2 aromatic carbocycles. The molecule has 0 saturated carbocycles. The Balaban J connectivity index is 1.60. The molecule has 2 heterocycles. The lowest BCUT2D eigenvalue weighted by molar-refractivity contribution is 0.894. The molecule has 0 amide bonds. The molecule has 0 saturated heterocycles. The van der Waals surface area contributed by atoms with E-state index >= 15 is 0 Å². The van der Waals surface area contributed by atoms with E-state index in [1.54, 1.807) is 6.33 Å². The zero-order valence-corrected chi connectivity index (χ0v) is 16.0. The van der Waals surface area contributed by atoms with Crippen molar-refractivity contribution in [2.24, 2.45) is 0 Å². The second-order valence-electron chi connectivity index (χ2n) is 7.15. The second-order valence-corrected chi connectivity index (χ2v) is 7.15. The number of anilines is 1. The normalized spacial score (nSPS) is 12.9. The van der Waals surface area contributed by atoms with Gasteiger partial charge in [-0.15, -0.1) is 0 Å². The van der Waals surface area contributed by atoms with Crippen molar-refractivity contribution in [2.75, 3.05) is 11.9 Å². The Bertz CT molecular complexity index is 971. The molecule has 136 valence electrons. The van der Waals surface area contributed by atoms with E-state index in [0.29, 0.717) is 0 Å². The van der Waals surface area contributed by atoms with Gasteiger partial charge in [-0.25, -0.2) is 9.97 Å². The second kappa shape index (κ2) is 7.75. The van der Waals surface area contributed by atoms with Crippen LogP contribution in [0.3, 0.4) is 0 Å². The van der Waals surface area contributed by atoms with E-state index in [9.17, 15) is 0 Å². The Morgan fingerprint density at radius 3 is 2.59 bits per heavy atom. The first-order valence-corrected chi connectivity index (χ1v) is 9.66. The molecule has 0 fully saturated rings. The number of aryl methyl sites for hydroxylation is 4. The Hall–Kier alpha value is -2.94. The zero-order valence-electron chi connectivity index (χ0n) is 16.0. The summed E-state index contributed by atoms with van der Waals surface area (Å²) in [6.07, 6.45) is 6.90. The number of rotatable bonds is 5. The first-order valence-electron chi connectivity index (χ1n) is 9.66. The van der Waals surface area contributed by atoms with Gasteiger partial charge in [0.1, 0.15) is 12.1 Å². The molecule has 0 aliphatic carbocycles. The first kappa shape index (κ1) is 17.5. The number of fused-ring (bicyclic) bond motifs is 1. The minimum Gasteiger partial charge on any atom is -0.365 e. The summed E-state index contributed by atoms with van der Waals surface area (Å²) in [4.78, 5) is 9.03. The van der Waals surface area contributed by atoms with Crippen molar-refractivity contribution >= 4 is 17.5 Å². The van der Waals surface area contributed by atoms with Gasteiger partial charge >= 0.3 is 0 Å². The average molecular weight is 355 g/mol. The van der Waals surface area contributed by atoms with E-state index in [1.807, 2.05) is 0 Å². The van der Waals surface area contributed by atoms with Gasteiger partial charge in [0.05, 0.1) is 5.69 Å². The third kappa shape index (κ3) is 3.92. The summed E-state index contributed by atoms with van der Waals surface area (Å²) in [7, 11) is 0. The molecule has 0 spiro atoms. The molecule has 0 atom stereocenters. The standard InChI is InChI=1S/C24H25N3/c1-3-18-7-10-20(11-8-18)21-14-22-23(26-16-27-24(22)25-15-21)12-9-19-6-4-5-17(2)13-19/h4-8,10-11,13-14,16H,3,9,12,15H2,1-2H3,(H,25,26,27). The van der Waals surface area contributed by atoms with E-state index in [1.165, 1.54) is 27.8 Å². The number of benzene rings is 2. The smallest absolute Gasteiger partial charge is 0.137 e. The van der Waals surface area contributed by atoms with Gasteiger partial charge < -0.3 is 5.32 Å². The SMILES string of the molecule is CCc1ccc(C2=Cc3c(CCc4cccc(C)c4)ncnc3NC2)cc1. The summed E-state index contributed by atoms with van der Waals surface area (Å²) in [5.74, 6) is 0.943. The molecule has 0 bridgehead atoms. The van der Waals surface area contributed by atoms with Crippen molar-refractivity contribution < 1.29 is 0 Å². The van der Waals surface area contributed by atoms with E-state index in [4.69, 9.17) is 0 Å². The average Bonchev–Trinajstić information content (AvgIpc) is 2.72. The number of nitrogens with zero attached hydrogens (tertiary/aromatic N) is 2. The van der Waals surface area contributed by atoms with Crippen LogP contribution < -0.4 is 5.32 Å². The van der Waals surface area contributed by atoms with Crippen LogP contribution in [0.4, 0.5) is 5.82 Å². The molecule has 3 nitrogen and oxygen atoms in total. The fourth-order valence-electron chi connectivity index (χ4n) is 3.60. The number of aromatic nitrogens is 2. The highest BCUT2D eigenvalue weighted by atomic mass is 15.0. The zero-order chi connectivity index (χ0) is 18.6. The number of hydrogen-bond donors (Lipinski definition) is 1. The third-order valence-electron chi connectivity index (χ3n) is 5.20. The summed E-state index contributed by atoms with van der Waals surface area (Å²) in [6.45, 7) is 5.12. The predicted molar refractivity (Wildman–Crippen MR) is 113 cm³/mol. The van der Waals surface area contributed by atoms with Crippen LogP contribution in [-0.4, -0.2) is 16.5 Å². The molecule has 0 unspecified atom stereocenters. The fraction of sp³-hybridized carbons (Fsp3) is 0.250. The lowest BCUT2D eigenvalue weighted by Crippen LogP contribution is -2.14. The van der Waals surface area contributed by atoms with Gasteiger partial charge in [0.2, 0.25) is 0 Å². The van der Waals surface area contributed by atoms with Crippen molar-refractivity contribution in [1.29, 1.82) is 0 Å². The van der Waals surface area contributed by atoms with Crippen LogP contribution in [0.25, 0.3) is 11.6 Å². The van der Waals surface area contributed by atoms with Gasteiger partial charge in [-0.1, -0.05) is 61.0 Å². The Morgan fingerprint density at radius 1 is 0.963 bits per heavy atom. The maximum absolute atomic E-state index is 4.59. The quantitative estimate of drug-likeness (QED) is 0.692. The van der Waals surface area contributed by atoms with E-state index in [-0.39, 0.29) is 0 Å². The van der Waals surface area contributed by atoms with Gasteiger partial charge in [0.25, 0.3) is 0 Å². The third-order valence-corrected chi connectivity index (χ3v) is 5.20. The summed E-state index contributed by atoms with van der Waals surface area (Å²) >= 11 is 0. The molecule has 1 aliphatic heterocycles. The van der Waals surface area contributed by atoms with Crippen LogP contribution >= 0.6 is 0 Å². The van der Waals surface area contributed by atoms with Crippen molar-refractivity contribution in [2.45, 2.75) is 33.1 Å². The molecule has 27 heavy (non-hydrogen) atoms. The highest BCUT2D eigenvalue weighted by Crippen LogP contribution is 2.29. The van der Waals surface area contributed by atoms with E-state index in [2.05, 4.69) is 83.7 Å². The molecular formula is C24H25N3.